The summed E-state index contributed by atoms with van der Waals surface area (Å²) in [5, 5.41) is 8.66. The number of carbonyl (C=O) groups is 1. The Morgan fingerprint density at radius 1 is 1.50 bits per heavy atom. The topological polar surface area (TPSA) is 46.5 Å². The molecule has 0 aromatic rings. The molecule has 0 saturated heterocycles. The second-order valence-corrected chi connectivity index (χ2v) is 3.53. The third-order valence-corrected chi connectivity index (χ3v) is 1.66. The zero-order chi connectivity index (χ0) is 9.61. The fourth-order valence-electron chi connectivity index (χ4n) is 0.812. The highest BCUT2D eigenvalue weighted by Crippen LogP contribution is 2.13. The second kappa shape index (κ2) is 5.27. The lowest BCUT2D eigenvalue weighted by Crippen LogP contribution is -2.26. The summed E-state index contributed by atoms with van der Waals surface area (Å²) in [6.07, 6.45) is 1.06. The molecule has 3 heteroatoms. The molecule has 0 bridgehead atoms. The minimum Gasteiger partial charge on any atom is -0.396 e. The van der Waals surface area contributed by atoms with Gasteiger partial charge in [-0.15, -0.1) is 0 Å². The first-order chi connectivity index (χ1) is 5.48. The quantitative estimate of drug-likeness (QED) is 0.657. The molecule has 0 aromatic carbocycles. The highest BCUT2D eigenvalue weighted by molar-refractivity contribution is 5.75. The number of aliphatic hydroxyl groups is 1. The first-order valence-corrected chi connectivity index (χ1v) is 4.22. The summed E-state index contributed by atoms with van der Waals surface area (Å²) in [6, 6.07) is 0. The standard InChI is InChI=1S/C9H18O3/c1-8(11)4-7-12-9(2,3)5-6-10/h10H,4-7H2,1-3H3. The van der Waals surface area contributed by atoms with Crippen molar-refractivity contribution in [3.63, 3.8) is 0 Å². The number of ether oxygens (including phenoxy) is 1. The van der Waals surface area contributed by atoms with Gasteiger partial charge in [-0.25, -0.2) is 0 Å². The van der Waals surface area contributed by atoms with Gasteiger partial charge in [0.1, 0.15) is 5.78 Å². The first-order valence-electron chi connectivity index (χ1n) is 4.22. The Bertz CT molecular complexity index is 141. The third kappa shape index (κ3) is 6.31. The van der Waals surface area contributed by atoms with Crippen LogP contribution in [0.2, 0.25) is 0 Å². The Balaban J connectivity index is 3.53. The number of carbonyl (C=O) groups excluding carboxylic acids is 1. The van der Waals surface area contributed by atoms with E-state index in [0.717, 1.165) is 0 Å². The molecule has 3 nitrogen and oxygen atoms in total. The van der Waals surface area contributed by atoms with E-state index in [1.165, 1.54) is 0 Å². The van der Waals surface area contributed by atoms with Crippen LogP contribution >= 0.6 is 0 Å². The van der Waals surface area contributed by atoms with Gasteiger partial charge in [-0.1, -0.05) is 0 Å². The number of hydrogen-bond acceptors (Lipinski definition) is 3. The lowest BCUT2D eigenvalue weighted by molar-refractivity contribution is -0.119. The van der Waals surface area contributed by atoms with Gasteiger partial charge in [-0.2, -0.15) is 0 Å². The monoisotopic (exact) mass is 174 g/mol. The van der Waals surface area contributed by atoms with Crippen LogP contribution in [0.5, 0.6) is 0 Å². The maximum atomic E-state index is 10.6. The third-order valence-electron chi connectivity index (χ3n) is 1.66. The molecule has 0 radical (unpaired) electrons. The predicted octanol–water partition coefficient (Wildman–Crippen LogP) is 1.14. The van der Waals surface area contributed by atoms with Crippen molar-refractivity contribution in [1.82, 2.24) is 0 Å². The van der Waals surface area contributed by atoms with Gasteiger partial charge in [0.2, 0.25) is 0 Å². The molecule has 1 N–H and O–H groups in total. The van der Waals surface area contributed by atoms with Gasteiger partial charge in [0.05, 0.1) is 12.2 Å². The molecule has 0 atom stereocenters. The van der Waals surface area contributed by atoms with Crippen molar-refractivity contribution in [2.24, 2.45) is 0 Å². The van der Waals surface area contributed by atoms with E-state index in [-0.39, 0.29) is 18.0 Å². The molecule has 0 aromatic heterocycles. The first kappa shape index (κ1) is 11.6. The lowest BCUT2D eigenvalue weighted by Gasteiger charge is -2.23. The minimum absolute atomic E-state index is 0.118. The number of aliphatic hydroxyl groups excluding tert-OH is 1. The molecule has 0 fully saturated rings. The summed E-state index contributed by atoms with van der Waals surface area (Å²) in [5.74, 6) is 0.134. The van der Waals surface area contributed by atoms with Crippen molar-refractivity contribution < 1.29 is 14.6 Å². The Morgan fingerprint density at radius 2 is 2.08 bits per heavy atom. The van der Waals surface area contributed by atoms with Crippen molar-refractivity contribution in [2.75, 3.05) is 13.2 Å². The zero-order valence-corrected chi connectivity index (χ0v) is 8.09. The summed E-state index contributed by atoms with van der Waals surface area (Å²) in [5.41, 5.74) is -0.315. The molecule has 0 unspecified atom stereocenters. The molecular formula is C9H18O3. The molecule has 0 saturated carbocycles. The normalized spacial score (nSPS) is 11.7. The maximum Gasteiger partial charge on any atom is 0.132 e. The molecule has 12 heavy (non-hydrogen) atoms. The molecule has 0 rings (SSSR count). The average Bonchev–Trinajstić information content (AvgIpc) is 1.85. The molecule has 0 spiro atoms. The van der Waals surface area contributed by atoms with Crippen LogP contribution < -0.4 is 0 Å². The van der Waals surface area contributed by atoms with Crippen LogP contribution in [0.25, 0.3) is 0 Å². The van der Waals surface area contributed by atoms with E-state index in [4.69, 9.17) is 9.84 Å². The minimum atomic E-state index is -0.315. The number of rotatable bonds is 6. The van der Waals surface area contributed by atoms with Crippen molar-refractivity contribution in [2.45, 2.75) is 39.2 Å². The molecule has 0 aliphatic carbocycles. The summed E-state index contributed by atoms with van der Waals surface area (Å²) in [6.45, 7) is 5.92. The van der Waals surface area contributed by atoms with Gasteiger partial charge >= 0.3 is 0 Å². The fraction of sp³-hybridized carbons (Fsp3) is 0.889. The molecular weight excluding hydrogens is 156 g/mol. The van der Waals surface area contributed by atoms with E-state index >= 15 is 0 Å². The van der Waals surface area contributed by atoms with Gasteiger partial charge in [0.25, 0.3) is 0 Å². The van der Waals surface area contributed by atoms with Crippen molar-refractivity contribution in [1.29, 1.82) is 0 Å². The lowest BCUT2D eigenvalue weighted by atomic mass is 10.1. The van der Waals surface area contributed by atoms with Gasteiger partial charge in [0.15, 0.2) is 0 Å². The summed E-state index contributed by atoms with van der Waals surface area (Å²) < 4.78 is 5.40. The van der Waals surface area contributed by atoms with E-state index in [1.807, 2.05) is 13.8 Å². The van der Waals surface area contributed by atoms with E-state index in [1.54, 1.807) is 6.92 Å². The average molecular weight is 174 g/mol. The van der Waals surface area contributed by atoms with Crippen molar-refractivity contribution >= 4 is 5.78 Å². The van der Waals surface area contributed by atoms with Crippen LogP contribution in [-0.4, -0.2) is 29.7 Å². The maximum absolute atomic E-state index is 10.6. The largest absolute Gasteiger partial charge is 0.396 e. The molecule has 0 aliphatic heterocycles. The van der Waals surface area contributed by atoms with Crippen LogP contribution in [0.4, 0.5) is 0 Å². The van der Waals surface area contributed by atoms with Gasteiger partial charge in [0, 0.05) is 13.0 Å². The Morgan fingerprint density at radius 3 is 2.50 bits per heavy atom. The van der Waals surface area contributed by atoms with Gasteiger partial charge < -0.3 is 9.84 Å². The molecule has 0 amide bonds. The second-order valence-electron chi connectivity index (χ2n) is 3.53. The number of hydrogen-bond donors (Lipinski definition) is 1. The van der Waals surface area contributed by atoms with E-state index < -0.39 is 0 Å². The fourth-order valence-corrected chi connectivity index (χ4v) is 0.812. The number of Topliss-reactive ketones (excluding diaryl/α,β-unsaturated/α-hetero) is 1. The smallest absolute Gasteiger partial charge is 0.132 e. The van der Waals surface area contributed by atoms with Crippen LogP contribution in [0.1, 0.15) is 33.6 Å². The van der Waals surface area contributed by atoms with E-state index in [2.05, 4.69) is 0 Å². The Hall–Kier alpha value is -0.410. The van der Waals surface area contributed by atoms with Crippen LogP contribution in [0.3, 0.4) is 0 Å². The summed E-state index contributed by atoms with van der Waals surface area (Å²) in [4.78, 5) is 10.6. The highest BCUT2D eigenvalue weighted by atomic mass is 16.5. The molecule has 0 aliphatic rings. The summed E-state index contributed by atoms with van der Waals surface area (Å²) in [7, 11) is 0. The van der Waals surface area contributed by atoms with Crippen LogP contribution in [-0.2, 0) is 9.53 Å². The summed E-state index contributed by atoms with van der Waals surface area (Å²) >= 11 is 0. The highest BCUT2D eigenvalue weighted by Gasteiger charge is 2.16. The van der Waals surface area contributed by atoms with Gasteiger partial charge in [-0.05, 0) is 27.2 Å². The van der Waals surface area contributed by atoms with Gasteiger partial charge in [-0.3, -0.25) is 4.79 Å². The van der Waals surface area contributed by atoms with Crippen molar-refractivity contribution in [3.8, 4) is 0 Å². The van der Waals surface area contributed by atoms with E-state index in [9.17, 15) is 4.79 Å². The zero-order valence-electron chi connectivity index (χ0n) is 8.09. The van der Waals surface area contributed by atoms with Crippen molar-refractivity contribution in [3.05, 3.63) is 0 Å². The Labute approximate surface area is 73.7 Å². The van der Waals surface area contributed by atoms with E-state index in [0.29, 0.717) is 19.4 Å². The molecule has 72 valence electrons. The Kier molecular flexibility index (Phi) is 5.09. The SMILES string of the molecule is CC(=O)CCOC(C)(C)CCO. The molecule has 0 heterocycles. The number of ketones is 1. The van der Waals surface area contributed by atoms with Crippen LogP contribution in [0, 0.1) is 0 Å². The van der Waals surface area contributed by atoms with Crippen LogP contribution in [0.15, 0.2) is 0 Å². The predicted molar refractivity (Wildman–Crippen MR) is 47.0 cm³/mol.